The van der Waals surface area contributed by atoms with E-state index in [1.807, 2.05) is 18.2 Å². The Balaban J connectivity index is 1.15. The number of para-hydroxylation sites is 1. The summed E-state index contributed by atoms with van der Waals surface area (Å²) >= 11 is 5.71. The molecule has 0 aromatic heterocycles. The molecule has 0 spiro atoms. The Morgan fingerprint density at radius 3 is 2.55 bits per heavy atom. The minimum atomic E-state index is -0.586. The zero-order valence-electron chi connectivity index (χ0n) is 23.1. The van der Waals surface area contributed by atoms with E-state index in [1.54, 1.807) is 0 Å². The molecule has 2 aromatic rings. The molecule has 40 heavy (non-hydrogen) atoms. The predicted octanol–water partition coefficient (Wildman–Crippen LogP) is 5.48. The number of nitrogens with zero attached hydrogens (tertiary/aromatic N) is 1. The van der Waals surface area contributed by atoms with Gasteiger partial charge in [0.25, 0.3) is 11.8 Å². The van der Waals surface area contributed by atoms with Crippen molar-refractivity contribution >= 4 is 29.1 Å². The summed E-state index contributed by atoms with van der Waals surface area (Å²) in [5.41, 5.74) is 2.23. The van der Waals surface area contributed by atoms with Crippen molar-refractivity contribution in [3.05, 3.63) is 58.9 Å². The summed E-state index contributed by atoms with van der Waals surface area (Å²) in [5, 5.41) is 9.93. The Hall–Kier alpha value is -2.84. The summed E-state index contributed by atoms with van der Waals surface area (Å²) in [6.07, 6.45) is 8.18. The van der Waals surface area contributed by atoms with E-state index < -0.39 is 12.0 Å². The van der Waals surface area contributed by atoms with Gasteiger partial charge in [-0.3, -0.25) is 14.5 Å². The van der Waals surface area contributed by atoms with Crippen LogP contribution in [0.3, 0.4) is 0 Å². The van der Waals surface area contributed by atoms with Crippen molar-refractivity contribution in [2.75, 3.05) is 18.5 Å². The van der Waals surface area contributed by atoms with Crippen LogP contribution in [-0.2, 0) is 16.1 Å². The molecule has 1 aliphatic heterocycles. The third-order valence-electron chi connectivity index (χ3n) is 8.64. The molecule has 2 amide bonds. The number of benzene rings is 2. The highest BCUT2D eigenvalue weighted by atomic mass is 35.5. The minimum Gasteiger partial charge on any atom is -0.484 e. The van der Waals surface area contributed by atoms with E-state index in [1.165, 1.54) is 49.4 Å². The Morgan fingerprint density at radius 2 is 1.77 bits per heavy atom. The van der Waals surface area contributed by atoms with Gasteiger partial charge in [-0.25, -0.2) is 4.39 Å². The zero-order valence-corrected chi connectivity index (χ0v) is 23.9. The van der Waals surface area contributed by atoms with Crippen LogP contribution in [0.4, 0.5) is 10.1 Å². The number of fused-ring (bicyclic) bond motifs is 3. The molecule has 1 heterocycles. The molecule has 216 valence electrons. The van der Waals surface area contributed by atoms with Crippen molar-refractivity contribution in [2.24, 2.45) is 11.8 Å². The molecule has 4 aliphatic rings. The molecule has 3 fully saturated rings. The number of hydrogen-bond donors (Lipinski definition) is 3. The van der Waals surface area contributed by atoms with Gasteiger partial charge in [0, 0.05) is 36.9 Å². The van der Waals surface area contributed by atoms with E-state index in [9.17, 15) is 14.0 Å². The monoisotopic (exact) mass is 570 g/mol. The SMILES string of the molecule is CCCCCCCN1Cc2ccccc2NC1C(=O)NC1CC(NC(=O)COc2ccc(Cl)c(F)c2)C2CC1C2. The van der Waals surface area contributed by atoms with Gasteiger partial charge in [0.1, 0.15) is 11.6 Å². The first-order valence-electron chi connectivity index (χ1n) is 14.7. The lowest BCUT2D eigenvalue weighted by molar-refractivity contribution is -0.129. The van der Waals surface area contributed by atoms with Crippen LogP contribution in [0.15, 0.2) is 42.5 Å². The summed E-state index contributed by atoms with van der Waals surface area (Å²) in [7, 11) is 0. The van der Waals surface area contributed by atoms with Crippen molar-refractivity contribution in [3.63, 3.8) is 0 Å². The van der Waals surface area contributed by atoms with Crippen LogP contribution < -0.4 is 20.7 Å². The van der Waals surface area contributed by atoms with E-state index in [-0.39, 0.29) is 41.3 Å². The molecule has 7 nitrogen and oxygen atoms in total. The van der Waals surface area contributed by atoms with Crippen molar-refractivity contribution < 1.29 is 18.7 Å². The lowest BCUT2D eigenvalue weighted by Gasteiger charge is -2.52. The maximum absolute atomic E-state index is 13.7. The second-order valence-corrected chi connectivity index (χ2v) is 11.9. The third kappa shape index (κ3) is 6.89. The van der Waals surface area contributed by atoms with Crippen molar-refractivity contribution in [2.45, 2.75) is 83.1 Å². The van der Waals surface area contributed by atoms with Crippen molar-refractivity contribution in [3.8, 4) is 5.75 Å². The second-order valence-electron chi connectivity index (χ2n) is 11.5. The minimum absolute atomic E-state index is 0.00316. The van der Waals surface area contributed by atoms with Gasteiger partial charge in [-0.1, -0.05) is 62.4 Å². The quantitative estimate of drug-likeness (QED) is 0.294. The molecule has 6 rings (SSSR count). The fraction of sp³-hybridized carbons (Fsp3) is 0.548. The lowest BCUT2D eigenvalue weighted by atomic mass is 9.60. The first-order valence-corrected chi connectivity index (χ1v) is 15.0. The molecule has 0 saturated heterocycles. The number of halogens is 2. The molecule has 2 aromatic carbocycles. The van der Waals surface area contributed by atoms with E-state index in [4.69, 9.17) is 16.3 Å². The molecule has 9 heteroatoms. The number of amides is 2. The number of ether oxygens (including phenoxy) is 1. The molecule has 0 radical (unpaired) electrons. The Morgan fingerprint density at radius 1 is 1.02 bits per heavy atom. The largest absolute Gasteiger partial charge is 0.484 e. The molecule has 3 aliphatic carbocycles. The van der Waals surface area contributed by atoms with Crippen LogP contribution in [0.25, 0.3) is 0 Å². The number of carbonyl (C=O) groups excluding carboxylic acids is 2. The molecule has 3 unspecified atom stereocenters. The first-order chi connectivity index (χ1) is 19.4. The van der Waals surface area contributed by atoms with Gasteiger partial charge in [-0.2, -0.15) is 0 Å². The maximum Gasteiger partial charge on any atom is 0.258 e. The number of carbonyl (C=O) groups is 2. The fourth-order valence-electron chi connectivity index (χ4n) is 6.31. The van der Waals surface area contributed by atoms with Crippen LogP contribution >= 0.6 is 11.6 Å². The number of nitrogens with one attached hydrogen (secondary N) is 3. The molecule has 3 N–H and O–H groups in total. The van der Waals surface area contributed by atoms with Gasteiger partial charge >= 0.3 is 0 Å². The van der Waals surface area contributed by atoms with Crippen LogP contribution in [0.1, 0.15) is 63.9 Å². The molecular weight excluding hydrogens is 531 g/mol. The summed E-state index contributed by atoms with van der Waals surface area (Å²) in [5.74, 6) is 0.262. The lowest BCUT2D eigenvalue weighted by Crippen LogP contribution is -2.63. The summed E-state index contributed by atoms with van der Waals surface area (Å²) < 4.78 is 19.1. The Labute approximate surface area is 241 Å². The van der Waals surface area contributed by atoms with Gasteiger partial charge in [-0.05, 0) is 61.3 Å². The molecular formula is C31H40ClFN4O3. The van der Waals surface area contributed by atoms with E-state index >= 15 is 0 Å². The second kappa shape index (κ2) is 13.2. The average molecular weight is 571 g/mol. The van der Waals surface area contributed by atoms with Gasteiger partial charge in [0.2, 0.25) is 0 Å². The van der Waals surface area contributed by atoms with Crippen molar-refractivity contribution in [1.82, 2.24) is 15.5 Å². The van der Waals surface area contributed by atoms with E-state index in [0.717, 1.165) is 38.0 Å². The fourth-order valence-corrected chi connectivity index (χ4v) is 6.43. The normalized spacial score (nSPS) is 25.2. The number of anilines is 1. The van der Waals surface area contributed by atoms with Crippen LogP contribution in [-0.4, -0.2) is 48.1 Å². The van der Waals surface area contributed by atoms with Gasteiger partial charge in [0.05, 0.1) is 5.02 Å². The Kier molecular flexibility index (Phi) is 9.48. The van der Waals surface area contributed by atoms with Gasteiger partial charge in [0.15, 0.2) is 12.8 Å². The standard InChI is InChI=1S/C31H40ClFN4O3/c1-2-3-4-5-8-13-37-18-20-9-6-7-10-26(20)35-30(37)31(39)36-28-17-27(21-14-22(28)15-21)34-29(38)19-40-23-11-12-24(32)25(33)16-23/h6-7,9-12,16,21-22,27-28,30,35H,2-5,8,13-15,17-19H2,1H3,(H,34,38)(H,36,39). The smallest absolute Gasteiger partial charge is 0.258 e. The zero-order chi connectivity index (χ0) is 28.1. The number of rotatable bonds is 12. The van der Waals surface area contributed by atoms with E-state index in [2.05, 4.69) is 33.8 Å². The highest BCUT2D eigenvalue weighted by molar-refractivity contribution is 6.30. The summed E-state index contributed by atoms with van der Waals surface area (Å²) in [6.45, 7) is 3.63. The molecule has 3 saturated carbocycles. The summed E-state index contributed by atoms with van der Waals surface area (Å²) in [6, 6.07) is 12.3. The van der Waals surface area contributed by atoms with Crippen LogP contribution in [0.2, 0.25) is 5.02 Å². The van der Waals surface area contributed by atoms with Gasteiger partial charge in [-0.15, -0.1) is 0 Å². The number of unbranched alkanes of at least 4 members (excludes halogenated alkanes) is 4. The first kappa shape index (κ1) is 28.7. The van der Waals surface area contributed by atoms with Crippen molar-refractivity contribution in [1.29, 1.82) is 0 Å². The molecule has 2 bridgehead atoms. The Bertz CT molecular complexity index is 1190. The maximum atomic E-state index is 13.7. The highest BCUT2D eigenvalue weighted by Gasteiger charge is 2.47. The third-order valence-corrected chi connectivity index (χ3v) is 8.94. The summed E-state index contributed by atoms with van der Waals surface area (Å²) in [4.78, 5) is 28.6. The van der Waals surface area contributed by atoms with Gasteiger partial charge < -0.3 is 20.7 Å². The van der Waals surface area contributed by atoms with Crippen LogP contribution in [0.5, 0.6) is 5.75 Å². The molecule has 3 atom stereocenters. The average Bonchev–Trinajstić information content (AvgIpc) is 2.92. The number of hydrogen-bond acceptors (Lipinski definition) is 5. The highest BCUT2D eigenvalue weighted by Crippen LogP contribution is 2.46. The topological polar surface area (TPSA) is 82.7 Å². The predicted molar refractivity (Wildman–Crippen MR) is 155 cm³/mol. The van der Waals surface area contributed by atoms with Crippen LogP contribution in [0, 0.1) is 17.7 Å². The van der Waals surface area contributed by atoms with E-state index in [0.29, 0.717) is 18.3 Å².